The van der Waals surface area contributed by atoms with E-state index in [1.165, 1.54) is 12.1 Å². The van der Waals surface area contributed by atoms with E-state index < -0.39 is 17.2 Å². The molecule has 1 fully saturated rings. The first-order valence-electron chi connectivity index (χ1n) is 5.87. The topological polar surface area (TPSA) is 66.4 Å². The van der Waals surface area contributed by atoms with E-state index in [2.05, 4.69) is 5.32 Å². The third kappa shape index (κ3) is 3.23. The molecule has 102 valence electrons. The Morgan fingerprint density at radius 1 is 1.42 bits per heavy atom. The van der Waals surface area contributed by atoms with Gasteiger partial charge in [-0.05, 0) is 30.5 Å². The summed E-state index contributed by atoms with van der Waals surface area (Å²) in [5.74, 6) is -1.66. The number of hydrogen-bond acceptors (Lipinski definition) is 2. The van der Waals surface area contributed by atoms with Gasteiger partial charge in [-0.1, -0.05) is 17.7 Å². The van der Waals surface area contributed by atoms with Gasteiger partial charge in [0.1, 0.15) is 5.82 Å². The van der Waals surface area contributed by atoms with Gasteiger partial charge < -0.3 is 10.4 Å². The van der Waals surface area contributed by atoms with E-state index >= 15 is 0 Å². The van der Waals surface area contributed by atoms with Crippen molar-refractivity contribution in [2.75, 3.05) is 6.54 Å². The lowest BCUT2D eigenvalue weighted by Gasteiger charge is -2.11. The molecule has 2 rings (SSSR count). The van der Waals surface area contributed by atoms with Crippen molar-refractivity contribution in [2.45, 2.75) is 19.3 Å². The van der Waals surface area contributed by atoms with Gasteiger partial charge in [-0.2, -0.15) is 0 Å². The standard InChI is InChI=1S/C13H13ClFNO3/c14-10-6-9(15)2-1-8(10)5-11(17)16-7-13(3-4-13)12(18)19/h1-2,6H,3-5,7H2,(H,16,17)(H,18,19). The third-order valence-corrected chi connectivity index (χ3v) is 3.65. The molecule has 0 saturated heterocycles. The maximum Gasteiger partial charge on any atom is 0.311 e. The zero-order valence-electron chi connectivity index (χ0n) is 10.1. The van der Waals surface area contributed by atoms with E-state index in [1.807, 2.05) is 0 Å². The Hall–Kier alpha value is -1.62. The first-order chi connectivity index (χ1) is 8.93. The highest BCUT2D eigenvalue weighted by atomic mass is 35.5. The Kier molecular flexibility index (Phi) is 3.75. The molecule has 0 heterocycles. The molecule has 6 heteroatoms. The summed E-state index contributed by atoms with van der Waals surface area (Å²) in [4.78, 5) is 22.6. The van der Waals surface area contributed by atoms with Crippen LogP contribution >= 0.6 is 11.6 Å². The van der Waals surface area contributed by atoms with Crippen LogP contribution in [-0.2, 0) is 16.0 Å². The van der Waals surface area contributed by atoms with Crippen molar-refractivity contribution in [3.63, 3.8) is 0 Å². The van der Waals surface area contributed by atoms with Crippen molar-refractivity contribution >= 4 is 23.5 Å². The van der Waals surface area contributed by atoms with Crippen LogP contribution in [-0.4, -0.2) is 23.5 Å². The fraction of sp³-hybridized carbons (Fsp3) is 0.385. The molecule has 0 unspecified atom stereocenters. The molecule has 1 aliphatic rings. The minimum Gasteiger partial charge on any atom is -0.481 e. The number of rotatable bonds is 5. The summed E-state index contributed by atoms with van der Waals surface area (Å²) in [6.07, 6.45) is 1.18. The molecule has 2 N–H and O–H groups in total. The largest absolute Gasteiger partial charge is 0.481 e. The highest BCUT2D eigenvalue weighted by molar-refractivity contribution is 6.31. The molecule has 1 aliphatic carbocycles. The average Bonchev–Trinajstić information content (AvgIpc) is 3.11. The van der Waals surface area contributed by atoms with Crippen LogP contribution < -0.4 is 5.32 Å². The molecule has 4 nitrogen and oxygen atoms in total. The summed E-state index contributed by atoms with van der Waals surface area (Å²) >= 11 is 5.81. The number of carbonyl (C=O) groups excluding carboxylic acids is 1. The Morgan fingerprint density at radius 3 is 2.63 bits per heavy atom. The number of hydrogen-bond donors (Lipinski definition) is 2. The summed E-state index contributed by atoms with van der Waals surface area (Å²) in [7, 11) is 0. The van der Waals surface area contributed by atoms with E-state index in [1.54, 1.807) is 0 Å². The fourth-order valence-electron chi connectivity index (χ4n) is 1.79. The number of carboxylic acid groups (broad SMARTS) is 1. The normalized spacial score (nSPS) is 15.9. The van der Waals surface area contributed by atoms with E-state index in [4.69, 9.17) is 16.7 Å². The first kappa shape index (κ1) is 13.8. The fourth-order valence-corrected chi connectivity index (χ4v) is 2.02. The molecule has 0 radical (unpaired) electrons. The van der Waals surface area contributed by atoms with Crippen LogP contribution in [0.4, 0.5) is 4.39 Å². The highest BCUT2D eigenvalue weighted by Crippen LogP contribution is 2.45. The molecule has 0 spiro atoms. The molecular formula is C13H13ClFNO3. The predicted octanol–water partition coefficient (Wildman–Crippen LogP) is 2.00. The minimum absolute atomic E-state index is 0.00874. The number of amides is 1. The molecular weight excluding hydrogens is 273 g/mol. The second-order valence-electron chi connectivity index (χ2n) is 4.77. The Labute approximate surface area is 114 Å². The Bertz CT molecular complexity index is 529. The van der Waals surface area contributed by atoms with Crippen molar-refractivity contribution in [3.8, 4) is 0 Å². The molecule has 0 aromatic heterocycles. The summed E-state index contributed by atoms with van der Waals surface area (Å²) in [5.41, 5.74) is -0.275. The molecule has 1 aromatic carbocycles. The van der Waals surface area contributed by atoms with Gasteiger partial charge in [0.2, 0.25) is 5.91 Å². The maximum atomic E-state index is 12.8. The molecule has 1 amide bonds. The van der Waals surface area contributed by atoms with Crippen LogP contribution in [0.3, 0.4) is 0 Å². The molecule has 19 heavy (non-hydrogen) atoms. The van der Waals surface area contributed by atoms with Gasteiger partial charge in [-0.3, -0.25) is 9.59 Å². The summed E-state index contributed by atoms with van der Waals surface area (Å²) in [5, 5.41) is 11.7. The van der Waals surface area contributed by atoms with Crippen molar-refractivity contribution in [2.24, 2.45) is 5.41 Å². The zero-order chi connectivity index (χ0) is 14.0. The summed E-state index contributed by atoms with van der Waals surface area (Å²) in [6.45, 7) is 0.125. The highest BCUT2D eigenvalue weighted by Gasteiger charge is 2.50. The van der Waals surface area contributed by atoms with Gasteiger partial charge in [0.25, 0.3) is 0 Å². The van der Waals surface area contributed by atoms with Gasteiger partial charge in [-0.25, -0.2) is 4.39 Å². The monoisotopic (exact) mass is 285 g/mol. The molecule has 0 aliphatic heterocycles. The van der Waals surface area contributed by atoms with Crippen molar-refractivity contribution in [1.29, 1.82) is 0 Å². The van der Waals surface area contributed by atoms with Crippen molar-refractivity contribution < 1.29 is 19.1 Å². The third-order valence-electron chi connectivity index (χ3n) is 3.30. The van der Waals surface area contributed by atoms with Crippen molar-refractivity contribution in [3.05, 3.63) is 34.6 Å². The smallest absolute Gasteiger partial charge is 0.311 e. The second-order valence-corrected chi connectivity index (χ2v) is 5.18. The predicted molar refractivity (Wildman–Crippen MR) is 67.4 cm³/mol. The van der Waals surface area contributed by atoms with E-state index in [0.717, 1.165) is 6.07 Å². The van der Waals surface area contributed by atoms with Crippen LogP contribution in [0.5, 0.6) is 0 Å². The van der Waals surface area contributed by atoms with E-state index in [9.17, 15) is 14.0 Å². The molecule has 0 bridgehead atoms. The lowest BCUT2D eigenvalue weighted by Crippen LogP contribution is -2.35. The van der Waals surface area contributed by atoms with Gasteiger partial charge >= 0.3 is 5.97 Å². The first-order valence-corrected chi connectivity index (χ1v) is 6.25. The van der Waals surface area contributed by atoms with Crippen LogP contribution in [0.25, 0.3) is 0 Å². The lowest BCUT2D eigenvalue weighted by molar-refractivity contribution is -0.143. The van der Waals surface area contributed by atoms with Gasteiger partial charge in [0.15, 0.2) is 0 Å². The number of aliphatic carboxylic acids is 1. The number of carbonyl (C=O) groups is 2. The molecule has 1 aromatic rings. The Balaban J connectivity index is 1.89. The summed E-state index contributed by atoms with van der Waals surface area (Å²) < 4.78 is 12.8. The van der Waals surface area contributed by atoms with Crippen LogP contribution in [0.1, 0.15) is 18.4 Å². The van der Waals surface area contributed by atoms with E-state index in [-0.39, 0.29) is 23.9 Å². The minimum atomic E-state index is -0.882. The number of halogens is 2. The van der Waals surface area contributed by atoms with Crippen LogP contribution in [0.15, 0.2) is 18.2 Å². The van der Waals surface area contributed by atoms with Crippen LogP contribution in [0.2, 0.25) is 5.02 Å². The van der Waals surface area contributed by atoms with Crippen LogP contribution in [0, 0.1) is 11.2 Å². The molecule has 1 saturated carbocycles. The summed E-state index contributed by atoms with van der Waals surface area (Å²) in [6, 6.07) is 3.82. The molecule has 0 atom stereocenters. The number of nitrogens with one attached hydrogen (secondary N) is 1. The van der Waals surface area contributed by atoms with Gasteiger partial charge in [-0.15, -0.1) is 0 Å². The van der Waals surface area contributed by atoms with Crippen molar-refractivity contribution in [1.82, 2.24) is 5.32 Å². The Morgan fingerprint density at radius 2 is 2.11 bits per heavy atom. The average molecular weight is 286 g/mol. The van der Waals surface area contributed by atoms with Gasteiger partial charge in [0.05, 0.1) is 11.8 Å². The lowest BCUT2D eigenvalue weighted by atomic mass is 10.1. The zero-order valence-corrected chi connectivity index (χ0v) is 10.8. The van der Waals surface area contributed by atoms with E-state index in [0.29, 0.717) is 18.4 Å². The number of benzene rings is 1. The second kappa shape index (κ2) is 5.17. The van der Waals surface area contributed by atoms with Gasteiger partial charge in [0, 0.05) is 11.6 Å². The quantitative estimate of drug-likeness (QED) is 0.869. The maximum absolute atomic E-state index is 12.8. The SMILES string of the molecule is O=C(Cc1ccc(F)cc1Cl)NCC1(C(=O)O)CC1. The number of carboxylic acids is 1.